The maximum absolute atomic E-state index is 13.2. The fraction of sp³-hybridized carbons (Fsp3) is 0.172. The SMILES string of the molecule is O=C(OCC(=O)N1CCN(C(=O)c2ccco2)CC1)c1cccc2cccc(-c3nc4ccccc4s3)c12. The highest BCUT2D eigenvalue weighted by Crippen LogP contribution is 2.36. The molecule has 2 aromatic heterocycles. The number of carbonyl (C=O) groups is 3. The van der Waals surface area contributed by atoms with Crippen LogP contribution in [0.1, 0.15) is 20.9 Å². The minimum Gasteiger partial charge on any atom is -0.459 e. The molecule has 0 atom stereocenters. The highest BCUT2D eigenvalue weighted by molar-refractivity contribution is 7.21. The number of rotatable bonds is 5. The summed E-state index contributed by atoms with van der Waals surface area (Å²) in [6, 6.07) is 22.5. The van der Waals surface area contributed by atoms with Gasteiger partial charge in [-0.25, -0.2) is 9.78 Å². The molecule has 0 radical (unpaired) electrons. The second kappa shape index (κ2) is 10.1. The van der Waals surface area contributed by atoms with Gasteiger partial charge in [-0.05, 0) is 35.7 Å². The monoisotopic (exact) mass is 525 g/mol. The van der Waals surface area contributed by atoms with Gasteiger partial charge in [0.15, 0.2) is 12.4 Å². The van der Waals surface area contributed by atoms with Gasteiger partial charge in [-0.2, -0.15) is 0 Å². The van der Waals surface area contributed by atoms with Crippen molar-refractivity contribution in [2.45, 2.75) is 0 Å². The minimum absolute atomic E-state index is 0.201. The number of ether oxygens (including phenoxy) is 1. The van der Waals surface area contributed by atoms with Gasteiger partial charge in [0.05, 0.1) is 22.0 Å². The number of hydrogen-bond acceptors (Lipinski definition) is 7. The second-order valence-electron chi connectivity index (χ2n) is 8.92. The van der Waals surface area contributed by atoms with E-state index in [1.807, 2.05) is 48.5 Å². The average Bonchev–Trinajstić information content (AvgIpc) is 3.65. The van der Waals surface area contributed by atoms with E-state index in [0.29, 0.717) is 31.7 Å². The zero-order chi connectivity index (χ0) is 26.1. The number of benzene rings is 3. The molecule has 190 valence electrons. The summed E-state index contributed by atoms with van der Waals surface area (Å²) in [7, 11) is 0. The van der Waals surface area contributed by atoms with Crippen molar-refractivity contribution in [1.29, 1.82) is 0 Å². The summed E-state index contributed by atoms with van der Waals surface area (Å²) in [4.78, 5) is 46.5. The van der Waals surface area contributed by atoms with E-state index in [4.69, 9.17) is 14.1 Å². The number of hydrogen-bond donors (Lipinski definition) is 0. The lowest BCUT2D eigenvalue weighted by Crippen LogP contribution is -2.51. The number of para-hydroxylation sites is 1. The van der Waals surface area contributed by atoms with Crippen LogP contribution in [0.2, 0.25) is 0 Å². The van der Waals surface area contributed by atoms with E-state index in [0.717, 1.165) is 31.6 Å². The summed E-state index contributed by atoms with van der Waals surface area (Å²) in [5.74, 6) is -0.786. The number of aromatic nitrogens is 1. The third-order valence-electron chi connectivity index (χ3n) is 6.63. The Bertz CT molecular complexity index is 1610. The van der Waals surface area contributed by atoms with E-state index in [9.17, 15) is 14.4 Å². The molecule has 1 aliphatic heterocycles. The second-order valence-corrected chi connectivity index (χ2v) is 9.95. The van der Waals surface area contributed by atoms with Crippen molar-refractivity contribution in [3.05, 3.63) is 90.4 Å². The lowest BCUT2D eigenvalue weighted by Gasteiger charge is -2.34. The number of nitrogens with zero attached hydrogens (tertiary/aromatic N) is 3. The number of esters is 1. The van der Waals surface area contributed by atoms with E-state index in [1.54, 1.807) is 45.4 Å². The maximum Gasteiger partial charge on any atom is 0.339 e. The Morgan fingerprint density at radius 3 is 2.39 bits per heavy atom. The topological polar surface area (TPSA) is 93.0 Å². The van der Waals surface area contributed by atoms with Crippen LogP contribution < -0.4 is 0 Å². The minimum atomic E-state index is -0.566. The quantitative estimate of drug-likeness (QED) is 0.305. The Labute approximate surface area is 222 Å². The summed E-state index contributed by atoms with van der Waals surface area (Å²) in [5, 5.41) is 2.45. The zero-order valence-corrected chi connectivity index (χ0v) is 21.1. The van der Waals surface area contributed by atoms with Crippen molar-refractivity contribution in [3.63, 3.8) is 0 Å². The van der Waals surface area contributed by atoms with Crippen LogP contribution in [0.3, 0.4) is 0 Å². The van der Waals surface area contributed by atoms with Crippen LogP contribution in [0.5, 0.6) is 0 Å². The molecule has 1 fully saturated rings. The van der Waals surface area contributed by atoms with Crippen molar-refractivity contribution in [1.82, 2.24) is 14.8 Å². The number of fused-ring (bicyclic) bond motifs is 2. The number of thiazole rings is 1. The molecule has 0 aliphatic carbocycles. The number of carbonyl (C=O) groups excluding carboxylic acids is 3. The molecular weight excluding hydrogens is 502 g/mol. The number of furan rings is 1. The van der Waals surface area contributed by atoms with Crippen LogP contribution >= 0.6 is 11.3 Å². The van der Waals surface area contributed by atoms with E-state index < -0.39 is 5.97 Å². The molecule has 3 heterocycles. The van der Waals surface area contributed by atoms with Gasteiger partial charge in [-0.15, -0.1) is 11.3 Å². The Kier molecular flexibility index (Phi) is 6.35. The number of amides is 2. The molecular formula is C29H23N3O5S. The van der Waals surface area contributed by atoms with Crippen molar-refractivity contribution in [2.24, 2.45) is 0 Å². The molecule has 0 bridgehead atoms. The molecule has 6 rings (SSSR count). The predicted octanol–water partition coefficient (Wildman–Crippen LogP) is 4.85. The molecule has 0 unspecified atom stereocenters. The first kappa shape index (κ1) is 23.9. The van der Waals surface area contributed by atoms with Crippen LogP contribution in [-0.2, 0) is 9.53 Å². The fourth-order valence-corrected chi connectivity index (χ4v) is 5.69. The summed E-state index contributed by atoms with van der Waals surface area (Å²) in [6.07, 6.45) is 1.46. The van der Waals surface area contributed by atoms with Gasteiger partial charge < -0.3 is 19.0 Å². The molecule has 0 spiro atoms. The Morgan fingerprint density at radius 2 is 1.63 bits per heavy atom. The van der Waals surface area contributed by atoms with Gasteiger partial charge in [0.25, 0.3) is 11.8 Å². The maximum atomic E-state index is 13.2. The molecule has 38 heavy (non-hydrogen) atoms. The van der Waals surface area contributed by atoms with Gasteiger partial charge in [-0.3, -0.25) is 9.59 Å². The fourth-order valence-electron chi connectivity index (χ4n) is 4.69. The molecule has 1 saturated heterocycles. The van der Waals surface area contributed by atoms with Crippen molar-refractivity contribution in [3.8, 4) is 10.6 Å². The van der Waals surface area contributed by atoms with Crippen LogP contribution in [-0.4, -0.2) is 65.4 Å². The molecule has 1 aliphatic rings. The molecule has 9 heteroatoms. The van der Waals surface area contributed by atoms with E-state index in [2.05, 4.69) is 0 Å². The Balaban J connectivity index is 1.16. The Morgan fingerprint density at radius 1 is 0.868 bits per heavy atom. The molecule has 8 nitrogen and oxygen atoms in total. The summed E-state index contributed by atoms with van der Waals surface area (Å²) in [5.41, 5.74) is 2.14. The molecule has 5 aromatic rings. The highest BCUT2D eigenvalue weighted by Gasteiger charge is 2.27. The van der Waals surface area contributed by atoms with Crippen molar-refractivity contribution < 1.29 is 23.5 Å². The molecule has 0 N–H and O–H groups in total. The first-order valence-corrected chi connectivity index (χ1v) is 13.1. The first-order valence-electron chi connectivity index (χ1n) is 12.2. The van der Waals surface area contributed by atoms with Gasteiger partial charge in [0, 0.05) is 37.1 Å². The lowest BCUT2D eigenvalue weighted by molar-refractivity contribution is -0.136. The predicted molar refractivity (Wildman–Crippen MR) is 144 cm³/mol. The summed E-state index contributed by atoms with van der Waals surface area (Å²) >= 11 is 1.57. The van der Waals surface area contributed by atoms with Gasteiger partial charge in [0.2, 0.25) is 0 Å². The number of piperazine rings is 1. The third-order valence-corrected chi connectivity index (χ3v) is 7.70. The van der Waals surface area contributed by atoms with E-state index in [-0.39, 0.29) is 24.2 Å². The average molecular weight is 526 g/mol. The van der Waals surface area contributed by atoms with Gasteiger partial charge in [0.1, 0.15) is 5.01 Å². The normalized spacial score (nSPS) is 13.7. The Hall–Kier alpha value is -4.50. The standard InChI is InChI=1S/C29H23N3O5S/c33-25(31-13-15-32(16-14-31)28(34)23-11-5-17-36-23)18-37-29(35)21-9-4-7-19-6-3-8-20(26(19)21)27-30-22-10-1-2-12-24(22)38-27/h1-12,17H,13-16,18H2. The van der Waals surface area contributed by atoms with Crippen LogP contribution in [0.15, 0.2) is 83.5 Å². The summed E-state index contributed by atoms with van der Waals surface area (Å²) < 4.78 is 11.7. The van der Waals surface area contributed by atoms with E-state index in [1.165, 1.54) is 6.26 Å². The van der Waals surface area contributed by atoms with Gasteiger partial charge >= 0.3 is 5.97 Å². The summed E-state index contributed by atoms with van der Waals surface area (Å²) in [6.45, 7) is 1.12. The van der Waals surface area contributed by atoms with Crippen LogP contribution in [0.4, 0.5) is 0 Å². The highest BCUT2D eigenvalue weighted by atomic mass is 32.1. The largest absolute Gasteiger partial charge is 0.459 e. The molecule has 2 amide bonds. The molecule has 0 saturated carbocycles. The lowest BCUT2D eigenvalue weighted by atomic mass is 9.99. The third kappa shape index (κ3) is 4.52. The van der Waals surface area contributed by atoms with E-state index >= 15 is 0 Å². The van der Waals surface area contributed by atoms with Crippen molar-refractivity contribution >= 4 is 50.1 Å². The van der Waals surface area contributed by atoms with Gasteiger partial charge in [-0.1, -0.05) is 42.5 Å². The zero-order valence-electron chi connectivity index (χ0n) is 20.3. The smallest absolute Gasteiger partial charge is 0.339 e. The molecule has 3 aromatic carbocycles. The van der Waals surface area contributed by atoms with Crippen molar-refractivity contribution in [2.75, 3.05) is 32.8 Å². The first-order chi connectivity index (χ1) is 18.6. The van der Waals surface area contributed by atoms with Crippen LogP contribution in [0, 0.1) is 0 Å². The van der Waals surface area contributed by atoms with Crippen LogP contribution in [0.25, 0.3) is 31.6 Å².